The van der Waals surface area contributed by atoms with Gasteiger partial charge in [-0.3, -0.25) is 4.90 Å². The molecule has 1 aromatic carbocycles. The molecule has 1 aromatic rings. The summed E-state index contributed by atoms with van der Waals surface area (Å²) in [5.41, 5.74) is 3.00. The first-order valence-electron chi connectivity index (χ1n) is 8.38. The van der Waals surface area contributed by atoms with Crippen LogP contribution >= 0.6 is 0 Å². The van der Waals surface area contributed by atoms with Crippen LogP contribution in [0.25, 0.3) is 0 Å². The van der Waals surface area contributed by atoms with Crippen LogP contribution in [0.1, 0.15) is 64.5 Å². The Labute approximate surface area is 130 Å². The topological polar surface area (TPSA) is 23.5 Å². The van der Waals surface area contributed by atoms with Crippen molar-refractivity contribution in [1.29, 1.82) is 0 Å². The van der Waals surface area contributed by atoms with E-state index >= 15 is 0 Å². The number of aliphatic hydroxyl groups is 1. The molecule has 2 atom stereocenters. The number of hydrogen-bond acceptors (Lipinski definition) is 2. The normalized spacial score (nSPS) is 22.2. The standard InChI is InChI=1S/C19H31NO/c1-15(21)13-18-7-5-6-12-20(18)14-16-8-10-17(11-9-16)19(2,3)4/h8-11,15,18,21H,5-7,12-14H2,1-4H3. The lowest BCUT2D eigenvalue weighted by Gasteiger charge is -2.36. The van der Waals surface area contributed by atoms with E-state index < -0.39 is 0 Å². The van der Waals surface area contributed by atoms with Crippen LogP contribution < -0.4 is 0 Å². The summed E-state index contributed by atoms with van der Waals surface area (Å²) in [4.78, 5) is 2.56. The molecule has 1 N–H and O–H groups in total. The van der Waals surface area contributed by atoms with Gasteiger partial charge < -0.3 is 5.11 Å². The summed E-state index contributed by atoms with van der Waals surface area (Å²) in [7, 11) is 0. The molecule has 21 heavy (non-hydrogen) atoms. The number of hydrogen-bond donors (Lipinski definition) is 1. The van der Waals surface area contributed by atoms with Gasteiger partial charge in [-0.15, -0.1) is 0 Å². The summed E-state index contributed by atoms with van der Waals surface area (Å²) in [6.07, 6.45) is 4.53. The minimum Gasteiger partial charge on any atom is -0.393 e. The van der Waals surface area contributed by atoms with E-state index in [0.29, 0.717) is 6.04 Å². The molecule has 1 aliphatic rings. The van der Waals surface area contributed by atoms with E-state index in [1.165, 1.54) is 36.9 Å². The molecular formula is C19H31NO. The summed E-state index contributed by atoms with van der Waals surface area (Å²) >= 11 is 0. The quantitative estimate of drug-likeness (QED) is 0.901. The van der Waals surface area contributed by atoms with Crippen LogP contribution in [0.2, 0.25) is 0 Å². The fourth-order valence-corrected chi connectivity index (χ4v) is 3.27. The smallest absolute Gasteiger partial charge is 0.0527 e. The van der Waals surface area contributed by atoms with Gasteiger partial charge in [0.05, 0.1) is 6.10 Å². The molecule has 1 aliphatic heterocycles. The zero-order chi connectivity index (χ0) is 15.5. The Bertz CT molecular complexity index is 430. The Hall–Kier alpha value is -0.860. The van der Waals surface area contributed by atoms with Gasteiger partial charge in [-0.2, -0.15) is 0 Å². The summed E-state index contributed by atoms with van der Waals surface area (Å²) in [6.45, 7) is 10.9. The summed E-state index contributed by atoms with van der Waals surface area (Å²) < 4.78 is 0. The summed E-state index contributed by atoms with van der Waals surface area (Å²) in [5.74, 6) is 0. The van der Waals surface area contributed by atoms with Gasteiger partial charge in [0.25, 0.3) is 0 Å². The van der Waals surface area contributed by atoms with Crippen molar-refractivity contribution in [3.8, 4) is 0 Å². The molecule has 2 unspecified atom stereocenters. The van der Waals surface area contributed by atoms with Crippen molar-refractivity contribution in [1.82, 2.24) is 4.90 Å². The highest BCUT2D eigenvalue weighted by Gasteiger charge is 2.23. The number of likely N-dealkylation sites (tertiary alicyclic amines) is 1. The fourth-order valence-electron chi connectivity index (χ4n) is 3.27. The lowest BCUT2D eigenvalue weighted by molar-refractivity contribution is 0.0818. The Morgan fingerprint density at radius 3 is 2.43 bits per heavy atom. The molecule has 0 saturated carbocycles. The van der Waals surface area contributed by atoms with Gasteiger partial charge in [0, 0.05) is 12.6 Å². The van der Waals surface area contributed by atoms with E-state index in [9.17, 15) is 5.11 Å². The number of benzene rings is 1. The van der Waals surface area contributed by atoms with Crippen LogP contribution in [-0.4, -0.2) is 28.7 Å². The van der Waals surface area contributed by atoms with Crippen LogP contribution in [0.3, 0.4) is 0 Å². The van der Waals surface area contributed by atoms with Crippen molar-refractivity contribution in [2.24, 2.45) is 0 Å². The van der Waals surface area contributed by atoms with Crippen molar-refractivity contribution in [3.05, 3.63) is 35.4 Å². The number of nitrogens with zero attached hydrogens (tertiary/aromatic N) is 1. The first-order valence-corrected chi connectivity index (χ1v) is 8.38. The Balaban J connectivity index is 2.02. The molecule has 2 rings (SSSR count). The SMILES string of the molecule is CC(O)CC1CCCCN1Cc1ccc(C(C)(C)C)cc1. The third-order valence-corrected chi connectivity index (χ3v) is 4.57. The summed E-state index contributed by atoms with van der Waals surface area (Å²) in [6, 6.07) is 9.62. The van der Waals surface area contributed by atoms with E-state index in [1.54, 1.807) is 0 Å². The Morgan fingerprint density at radius 2 is 1.86 bits per heavy atom. The predicted molar refractivity (Wildman–Crippen MR) is 89.5 cm³/mol. The van der Waals surface area contributed by atoms with Crippen molar-refractivity contribution in [2.45, 2.75) is 77.5 Å². The minimum absolute atomic E-state index is 0.195. The van der Waals surface area contributed by atoms with Crippen molar-refractivity contribution < 1.29 is 5.11 Å². The monoisotopic (exact) mass is 289 g/mol. The van der Waals surface area contributed by atoms with Gasteiger partial charge in [0.1, 0.15) is 0 Å². The average Bonchev–Trinajstić information content (AvgIpc) is 2.40. The molecule has 0 aliphatic carbocycles. The molecular weight excluding hydrogens is 258 g/mol. The highest BCUT2D eigenvalue weighted by molar-refractivity contribution is 5.27. The highest BCUT2D eigenvalue weighted by atomic mass is 16.3. The molecule has 2 heteroatoms. The molecule has 2 nitrogen and oxygen atoms in total. The van der Waals surface area contributed by atoms with Gasteiger partial charge in [-0.25, -0.2) is 0 Å². The molecule has 0 amide bonds. The molecule has 1 heterocycles. The maximum absolute atomic E-state index is 9.69. The van der Waals surface area contributed by atoms with Gasteiger partial charge >= 0.3 is 0 Å². The third-order valence-electron chi connectivity index (χ3n) is 4.57. The van der Waals surface area contributed by atoms with E-state index in [4.69, 9.17) is 0 Å². The second-order valence-electron chi connectivity index (χ2n) is 7.65. The van der Waals surface area contributed by atoms with Crippen molar-refractivity contribution in [2.75, 3.05) is 6.54 Å². The third kappa shape index (κ3) is 4.82. The Morgan fingerprint density at radius 1 is 1.19 bits per heavy atom. The molecule has 0 radical (unpaired) electrons. The largest absolute Gasteiger partial charge is 0.393 e. The molecule has 1 saturated heterocycles. The zero-order valence-corrected chi connectivity index (χ0v) is 14.1. The number of piperidine rings is 1. The maximum Gasteiger partial charge on any atom is 0.0527 e. The zero-order valence-electron chi connectivity index (χ0n) is 14.1. The fraction of sp³-hybridized carbons (Fsp3) is 0.684. The number of rotatable bonds is 4. The first-order chi connectivity index (χ1) is 9.86. The summed E-state index contributed by atoms with van der Waals surface area (Å²) in [5, 5.41) is 9.69. The van der Waals surface area contributed by atoms with E-state index in [1.807, 2.05) is 6.92 Å². The van der Waals surface area contributed by atoms with Crippen LogP contribution in [-0.2, 0) is 12.0 Å². The Kier molecular flexibility index (Phi) is 5.45. The van der Waals surface area contributed by atoms with Crippen LogP contribution in [0.15, 0.2) is 24.3 Å². The van der Waals surface area contributed by atoms with Crippen LogP contribution in [0.4, 0.5) is 0 Å². The first kappa shape index (κ1) is 16.5. The van der Waals surface area contributed by atoms with Gasteiger partial charge in [0.2, 0.25) is 0 Å². The van der Waals surface area contributed by atoms with Crippen molar-refractivity contribution >= 4 is 0 Å². The second-order valence-corrected chi connectivity index (χ2v) is 7.65. The lowest BCUT2D eigenvalue weighted by Crippen LogP contribution is -2.40. The molecule has 0 bridgehead atoms. The maximum atomic E-state index is 9.69. The van der Waals surface area contributed by atoms with Gasteiger partial charge in [-0.05, 0) is 49.3 Å². The van der Waals surface area contributed by atoms with Crippen LogP contribution in [0, 0.1) is 0 Å². The second kappa shape index (κ2) is 6.93. The predicted octanol–water partition coefficient (Wildman–Crippen LogP) is 4.11. The molecule has 1 fully saturated rings. The van der Waals surface area contributed by atoms with E-state index in [-0.39, 0.29) is 11.5 Å². The number of aliphatic hydroxyl groups excluding tert-OH is 1. The molecule has 0 spiro atoms. The van der Waals surface area contributed by atoms with Gasteiger partial charge in [-0.1, -0.05) is 51.5 Å². The molecule has 118 valence electrons. The highest BCUT2D eigenvalue weighted by Crippen LogP contribution is 2.25. The van der Waals surface area contributed by atoms with E-state index in [0.717, 1.165) is 13.0 Å². The molecule has 0 aromatic heterocycles. The van der Waals surface area contributed by atoms with Gasteiger partial charge in [0.15, 0.2) is 0 Å². The minimum atomic E-state index is -0.195. The average molecular weight is 289 g/mol. The lowest BCUT2D eigenvalue weighted by atomic mass is 9.86. The van der Waals surface area contributed by atoms with E-state index in [2.05, 4.69) is 49.9 Å². The van der Waals surface area contributed by atoms with Crippen molar-refractivity contribution in [3.63, 3.8) is 0 Å². The van der Waals surface area contributed by atoms with Crippen LogP contribution in [0.5, 0.6) is 0 Å².